The Hall–Kier alpha value is -1.24. The van der Waals surface area contributed by atoms with Gasteiger partial charge in [0.15, 0.2) is 0 Å². The third-order valence-corrected chi connectivity index (χ3v) is 5.00. The van der Waals surface area contributed by atoms with Crippen molar-refractivity contribution in [2.24, 2.45) is 0 Å². The van der Waals surface area contributed by atoms with E-state index >= 15 is 0 Å². The molecule has 21 heavy (non-hydrogen) atoms. The molecule has 1 amide bonds. The van der Waals surface area contributed by atoms with Gasteiger partial charge in [-0.15, -0.1) is 0 Å². The lowest BCUT2D eigenvalue weighted by atomic mass is 10.1. The zero-order valence-corrected chi connectivity index (χ0v) is 12.2. The molecule has 7 heteroatoms. The van der Waals surface area contributed by atoms with Gasteiger partial charge in [0, 0.05) is 11.3 Å². The van der Waals surface area contributed by atoms with Gasteiger partial charge in [0.1, 0.15) is 5.82 Å². The Morgan fingerprint density at radius 3 is 2.71 bits per heavy atom. The van der Waals surface area contributed by atoms with Crippen molar-refractivity contribution in [3.8, 4) is 0 Å². The van der Waals surface area contributed by atoms with Crippen LogP contribution in [0.4, 0.5) is 17.6 Å². The van der Waals surface area contributed by atoms with E-state index in [-0.39, 0.29) is 4.75 Å². The summed E-state index contributed by atoms with van der Waals surface area (Å²) in [6.07, 6.45) is -2.64. The summed E-state index contributed by atoms with van der Waals surface area (Å²) < 4.78 is 51.2. The van der Waals surface area contributed by atoms with Crippen LogP contribution in [0.5, 0.6) is 0 Å². The predicted octanol–water partition coefficient (Wildman–Crippen LogP) is 3.86. The fourth-order valence-corrected chi connectivity index (χ4v) is 3.46. The minimum atomic E-state index is -4.60. The van der Waals surface area contributed by atoms with Crippen LogP contribution < -0.4 is 5.32 Å². The minimum absolute atomic E-state index is 0.131. The van der Waals surface area contributed by atoms with E-state index in [0.29, 0.717) is 24.7 Å². The van der Waals surface area contributed by atoms with Crippen molar-refractivity contribution in [3.63, 3.8) is 0 Å². The van der Waals surface area contributed by atoms with Crippen LogP contribution in [0.25, 0.3) is 0 Å². The second-order valence-electron chi connectivity index (χ2n) is 5.28. The number of carbonyl (C=O) groups excluding carboxylic acids is 1. The number of rotatable bonds is 3. The summed E-state index contributed by atoms with van der Waals surface area (Å²) in [6.45, 7) is 2.29. The van der Waals surface area contributed by atoms with Crippen molar-refractivity contribution in [2.75, 3.05) is 12.3 Å². The number of carbonyl (C=O) groups is 1. The zero-order chi connectivity index (χ0) is 15.7. The van der Waals surface area contributed by atoms with E-state index in [0.717, 1.165) is 18.6 Å². The fraction of sp³-hybridized carbons (Fsp3) is 0.500. The average Bonchev–Trinajstić information content (AvgIpc) is 2.83. The maximum absolute atomic E-state index is 13.6. The topological polar surface area (TPSA) is 29.1 Å². The monoisotopic (exact) mass is 321 g/mol. The normalized spacial score (nSPS) is 22.3. The first-order valence-corrected chi connectivity index (χ1v) is 7.49. The van der Waals surface area contributed by atoms with Crippen LogP contribution in [0.1, 0.15) is 35.7 Å². The van der Waals surface area contributed by atoms with Crippen LogP contribution in [-0.4, -0.2) is 23.0 Å². The summed E-state index contributed by atoms with van der Waals surface area (Å²) in [5.41, 5.74) is -1.60. The molecule has 0 bridgehead atoms. The maximum Gasteiger partial charge on any atom is 0.416 e. The quantitative estimate of drug-likeness (QED) is 0.857. The molecule has 0 radical (unpaired) electrons. The lowest BCUT2D eigenvalue weighted by Crippen LogP contribution is -2.37. The molecular weight excluding hydrogens is 306 g/mol. The van der Waals surface area contributed by atoms with Gasteiger partial charge >= 0.3 is 6.18 Å². The van der Waals surface area contributed by atoms with E-state index in [4.69, 9.17) is 0 Å². The van der Waals surface area contributed by atoms with E-state index in [2.05, 4.69) is 5.32 Å². The highest BCUT2D eigenvalue weighted by Crippen LogP contribution is 2.37. The molecule has 0 spiro atoms. The third-order valence-electron chi connectivity index (χ3n) is 3.46. The average molecular weight is 321 g/mol. The third kappa shape index (κ3) is 3.90. The molecule has 0 saturated carbocycles. The molecule has 1 aliphatic heterocycles. The smallest absolute Gasteiger partial charge is 0.351 e. The van der Waals surface area contributed by atoms with Gasteiger partial charge in [-0.1, -0.05) is 0 Å². The van der Waals surface area contributed by atoms with Gasteiger partial charge in [0.2, 0.25) is 0 Å². The molecule has 1 fully saturated rings. The summed E-state index contributed by atoms with van der Waals surface area (Å²) >= 11 is 1.70. The van der Waals surface area contributed by atoms with Crippen LogP contribution >= 0.6 is 11.8 Å². The predicted molar refractivity (Wildman–Crippen MR) is 73.8 cm³/mol. The standard InChI is InChI=1S/C14H15F4NOS/c1-13(5-2-6-21-13)8-19-12(20)10-7-9(14(16,17)18)3-4-11(10)15/h3-4,7H,2,5-6,8H2,1H3,(H,19,20). The summed E-state index contributed by atoms with van der Waals surface area (Å²) in [6, 6.07) is 1.85. The van der Waals surface area contributed by atoms with Crippen molar-refractivity contribution in [1.29, 1.82) is 0 Å². The second-order valence-corrected chi connectivity index (χ2v) is 6.96. The largest absolute Gasteiger partial charge is 0.416 e. The number of alkyl halides is 3. The van der Waals surface area contributed by atoms with Gasteiger partial charge < -0.3 is 5.32 Å². The highest BCUT2D eigenvalue weighted by atomic mass is 32.2. The van der Waals surface area contributed by atoms with E-state index in [1.54, 1.807) is 11.8 Å². The molecule has 1 aromatic rings. The molecule has 1 saturated heterocycles. The van der Waals surface area contributed by atoms with Crippen molar-refractivity contribution in [1.82, 2.24) is 5.32 Å². The molecule has 1 aromatic carbocycles. The van der Waals surface area contributed by atoms with E-state index in [1.807, 2.05) is 6.92 Å². The first-order chi connectivity index (χ1) is 9.71. The van der Waals surface area contributed by atoms with Gasteiger partial charge in [-0.05, 0) is 43.7 Å². The van der Waals surface area contributed by atoms with Gasteiger partial charge in [0.25, 0.3) is 5.91 Å². The van der Waals surface area contributed by atoms with Crippen LogP contribution in [0, 0.1) is 5.82 Å². The minimum Gasteiger partial charge on any atom is -0.351 e. The Balaban J connectivity index is 2.11. The molecule has 1 aliphatic rings. The number of hydrogen-bond acceptors (Lipinski definition) is 2. The Morgan fingerprint density at radius 1 is 1.43 bits per heavy atom. The van der Waals surface area contributed by atoms with E-state index in [9.17, 15) is 22.4 Å². The highest BCUT2D eigenvalue weighted by Gasteiger charge is 2.33. The molecule has 1 atom stereocenters. The van der Waals surface area contributed by atoms with Crippen molar-refractivity contribution >= 4 is 17.7 Å². The van der Waals surface area contributed by atoms with Gasteiger partial charge in [0.05, 0.1) is 11.1 Å². The zero-order valence-electron chi connectivity index (χ0n) is 11.4. The molecule has 0 aromatic heterocycles. The fourth-order valence-electron chi connectivity index (χ4n) is 2.21. The van der Waals surface area contributed by atoms with Crippen LogP contribution in [0.15, 0.2) is 18.2 Å². The number of hydrogen-bond donors (Lipinski definition) is 1. The van der Waals surface area contributed by atoms with Crippen molar-refractivity contribution < 1.29 is 22.4 Å². The molecule has 1 N–H and O–H groups in total. The van der Waals surface area contributed by atoms with Crippen LogP contribution in [0.3, 0.4) is 0 Å². The van der Waals surface area contributed by atoms with E-state index in [1.165, 1.54) is 0 Å². The molecule has 1 heterocycles. The number of nitrogens with one attached hydrogen (secondary N) is 1. The van der Waals surface area contributed by atoms with Crippen LogP contribution in [0.2, 0.25) is 0 Å². The van der Waals surface area contributed by atoms with Crippen LogP contribution in [-0.2, 0) is 6.18 Å². The van der Waals surface area contributed by atoms with Gasteiger partial charge in [-0.3, -0.25) is 4.79 Å². The van der Waals surface area contributed by atoms with Crippen molar-refractivity contribution in [2.45, 2.75) is 30.7 Å². The maximum atomic E-state index is 13.6. The number of thioether (sulfide) groups is 1. The molecule has 2 rings (SSSR count). The Labute approximate surface area is 124 Å². The summed E-state index contributed by atoms with van der Waals surface area (Å²) in [4.78, 5) is 11.9. The lowest BCUT2D eigenvalue weighted by molar-refractivity contribution is -0.137. The van der Waals surface area contributed by atoms with Gasteiger partial charge in [-0.25, -0.2) is 4.39 Å². The second kappa shape index (κ2) is 5.87. The first kappa shape index (κ1) is 16.1. The lowest BCUT2D eigenvalue weighted by Gasteiger charge is -2.23. The number of halogens is 4. The number of benzene rings is 1. The molecule has 0 aliphatic carbocycles. The summed E-state index contributed by atoms with van der Waals surface area (Å²) in [5.74, 6) is -0.776. The SMILES string of the molecule is CC1(CNC(=O)c2cc(C(F)(F)F)ccc2F)CCCS1. The highest BCUT2D eigenvalue weighted by molar-refractivity contribution is 8.00. The summed E-state index contributed by atoms with van der Waals surface area (Å²) in [5, 5.41) is 2.53. The molecular formula is C14H15F4NOS. The molecule has 116 valence electrons. The van der Waals surface area contributed by atoms with Gasteiger partial charge in [-0.2, -0.15) is 24.9 Å². The van der Waals surface area contributed by atoms with Crippen molar-refractivity contribution in [3.05, 3.63) is 35.1 Å². The Morgan fingerprint density at radius 2 is 2.14 bits per heavy atom. The molecule has 2 nitrogen and oxygen atoms in total. The first-order valence-electron chi connectivity index (χ1n) is 6.50. The Bertz CT molecular complexity index is 538. The number of amides is 1. The summed E-state index contributed by atoms with van der Waals surface area (Å²) in [7, 11) is 0. The molecule has 1 unspecified atom stereocenters. The Kier molecular flexibility index (Phi) is 4.51. The van der Waals surface area contributed by atoms with E-state index < -0.39 is 29.0 Å².